The number of carbonyl (C=O) groups excluding carboxylic acids is 1. The van der Waals surface area contributed by atoms with Crippen LogP contribution in [0.25, 0.3) is 0 Å². The first kappa shape index (κ1) is 14.5. The van der Waals surface area contributed by atoms with E-state index in [1.165, 1.54) is 0 Å². The summed E-state index contributed by atoms with van der Waals surface area (Å²) >= 11 is 0. The topological polar surface area (TPSA) is 63.6 Å². The van der Waals surface area contributed by atoms with Crippen LogP contribution in [0, 0.1) is 11.8 Å². The molecule has 2 rings (SSSR count). The van der Waals surface area contributed by atoms with Crippen molar-refractivity contribution in [3.63, 3.8) is 0 Å². The highest BCUT2D eigenvalue weighted by atomic mass is 16.5. The van der Waals surface area contributed by atoms with Crippen molar-refractivity contribution in [2.75, 3.05) is 0 Å². The van der Waals surface area contributed by atoms with Crippen LogP contribution < -0.4 is 0 Å². The van der Waals surface area contributed by atoms with Gasteiger partial charge < -0.3 is 14.6 Å². The largest absolute Gasteiger partial charge is 0.481 e. The van der Waals surface area contributed by atoms with Crippen LogP contribution in [-0.2, 0) is 14.3 Å². The number of fused-ring (bicyclic) bond motifs is 2. The molecular weight excluding hydrogens is 244 g/mol. The second kappa shape index (κ2) is 7.04. The van der Waals surface area contributed by atoms with Gasteiger partial charge in [-0.1, -0.05) is 19.3 Å². The summed E-state index contributed by atoms with van der Waals surface area (Å²) in [6, 6.07) is 0. The van der Waals surface area contributed by atoms with Crippen molar-refractivity contribution in [2.45, 2.75) is 70.0 Å². The molecule has 108 valence electrons. The van der Waals surface area contributed by atoms with E-state index in [0.717, 1.165) is 51.2 Å². The van der Waals surface area contributed by atoms with Gasteiger partial charge in [-0.3, -0.25) is 4.79 Å². The molecule has 4 nitrogen and oxygen atoms in total. The number of carbonyl (C=O) groups is 2. The smallest absolute Gasteiger partial charge is 0.303 e. The fourth-order valence-corrected chi connectivity index (χ4v) is 3.72. The maximum Gasteiger partial charge on any atom is 0.303 e. The minimum atomic E-state index is -0.701. The molecule has 0 aromatic carbocycles. The van der Waals surface area contributed by atoms with E-state index in [4.69, 9.17) is 9.84 Å². The van der Waals surface area contributed by atoms with Crippen molar-refractivity contribution >= 4 is 12.3 Å². The SMILES string of the molecule is O=CC[C@@H]1[C@@H](CCCCCCC(=O)O)[C@@H]2CC[C@H]1O2. The molecule has 0 saturated carbocycles. The Labute approximate surface area is 114 Å². The highest BCUT2D eigenvalue weighted by molar-refractivity contribution is 5.66. The third-order valence-electron chi connectivity index (χ3n) is 4.64. The third-order valence-corrected chi connectivity index (χ3v) is 4.64. The van der Waals surface area contributed by atoms with Gasteiger partial charge in [0.25, 0.3) is 0 Å². The predicted molar refractivity (Wildman–Crippen MR) is 70.9 cm³/mol. The molecular formula is C15H24O4. The molecule has 19 heavy (non-hydrogen) atoms. The summed E-state index contributed by atoms with van der Waals surface area (Å²) in [6.45, 7) is 0. The molecule has 0 aromatic heterocycles. The molecule has 0 aromatic rings. The summed E-state index contributed by atoms with van der Waals surface area (Å²) in [7, 11) is 0. The van der Waals surface area contributed by atoms with E-state index in [1.54, 1.807) is 0 Å². The number of aldehydes is 1. The zero-order chi connectivity index (χ0) is 13.7. The summed E-state index contributed by atoms with van der Waals surface area (Å²) < 4.78 is 5.92. The van der Waals surface area contributed by atoms with Crippen molar-refractivity contribution in [1.29, 1.82) is 0 Å². The highest BCUT2D eigenvalue weighted by Gasteiger charge is 2.47. The molecule has 2 bridgehead atoms. The zero-order valence-electron chi connectivity index (χ0n) is 11.4. The molecule has 1 N–H and O–H groups in total. The Kier molecular flexibility index (Phi) is 5.37. The number of rotatable bonds is 9. The van der Waals surface area contributed by atoms with Gasteiger partial charge in [0.05, 0.1) is 12.2 Å². The van der Waals surface area contributed by atoms with E-state index < -0.39 is 5.97 Å². The first-order chi connectivity index (χ1) is 9.22. The monoisotopic (exact) mass is 268 g/mol. The summed E-state index contributed by atoms with van der Waals surface area (Å²) in [5.41, 5.74) is 0. The lowest BCUT2D eigenvalue weighted by molar-refractivity contribution is -0.137. The van der Waals surface area contributed by atoms with Crippen molar-refractivity contribution < 1.29 is 19.4 Å². The van der Waals surface area contributed by atoms with Gasteiger partial charge >= 0.3 is 5.97 Å². The number of carboxylic acid groups (broad SMARTS) is 1. The Bertz CT molecular complexity index is 315. The lowest BCUT2D eigenvalue weighted by atomic mass is 9.75. The van der Waals surface area contributed by atoms with Crippen molar-refractivity contribution in [1.82, 2.24) is 0 Å². The number of hydrogen-bond donors (Lipinski definition) is 1. The van der Waals surface area contributed by atoms with Gasteiger partial charge in [0.1, 0.15) is 6.29 Å². The lowest BCUT2D eigenvalue weighted by Crippen LogP contribution is -2.27. The van der Waals surface area contributed by atoms with Crippen molar-refractivity contribution in [3.05, 3.63) is 0 Å². The zero-order valence-corrected chi connectivity index (χ0v) is 11.4. The van der Waals surface area contributed by atoms with Crippen molar-refractivity contribution in [3.8, 4) is 0 Å². The second-order valence-corrected chi connectivity index (χ2v) is 5.87. The second-order valence-electron chi connectivity index (χ2n) is 5.87. The van der Waals surface area contributed by atoms with Gasteiger partial charge in [0, 0.05) is 12.8 Å². The number of hydrogen-bond acceptors (Lipinski definition) is 3. The average molecular weight is 268 g/mol. The molecule has 0 amide bonds. The van der Waals surface area contributed by atoms with Gasteiger partial charge in [-0.05, 0) is 37.5 Å². The van der Waals surface area contributed by atoms with E-state index >= 15 is 0 Å². The molecule has 4 atom stereocenters. The Morgan fingerprint density at radius 1 is 1.11 bits per heavy atom. The fraction of sp³-hybridized carbons (Fsp3) is 0.867. The Balaban J connectivity index is 1.64. The number of unbranched alkanes of at least 4 members (excludes halogenated alkanes) is 3. The van der Waals surface area contributed by atoms with E-state index in [9.17, 15) is 9.59 Å². The summed E-state index contributed by atoms with van der Waals surface area (Å²) in [4.78, 5) is 21.1. The number of carboxylic acids is 1. The van der Waals surface area contributed by atoms with Gasteiger partial charge in [-0.25, -0.2) is 0 Å². The van der Waals surface area contributed by atoms with Gasteiger partial charge in [0.2, 0.25) is 0 Å². The van der Waals surface area contributed by atoms with Crippen LogP contribution in [-0.4, -0.2) is 29.6 Å². The molecule has 2 saturated heterocycles. The van der Waals surface area contributed by atoms with Crippen LogP contribution >= 0.6 is 0 Å². The summed E-state index contributed by atoms with van der Waals surface area (Å²) in [5, 5.41) is 8.56. The fourth-order valence-electron chi connectivity index (χ4n) is 3.72. The molecule has 4 heteroatoms. The molecule has 2 aliphatic rings. The van der Waals surface area contributed by atoms with E-state index in [0.29, 0.717) is 30.5 Å². The predicted octanol–water partition coefficient (Wildman–Crippen LogP) is 2.79. The van der Waals surface area contributed by atoms with Crippen LogP contribution in [0.2, 0.25) is 0 Å². The van der Waals surface area contributed by atoms with Crippen LogP contribution in [0.15, 0.2) is 0 Å². The quantitative estimate of drug-likeness (QED) is 0.516. The first-order valence-electron chi connectivity index (χ1n) is 7.53. The summed E-state index contributed by atoms with van der Waals surface area (Å²) in [6.07, 6.45) is 10.1. The Morgan fingerprint density at radius 3 is 2.47 bits per heavy atom. The van der Waals surface area contributed by atoms with Gasteiger partial charge in [-0.15, -0.1) is 0 Å². The van der Waals surface area contributed by atoms with Crippen LogP contribution in [0.1, 0.15) is 57.8 Å². The van der Waals surface area contributed by atoms with Gasteiger partial charge in [0.15, 0.2) is 0 Å². The van der Waals surface area contributed by atoms with Crippen LogP contribution in [0.3, 0.4) is 0 Å². The summed E-state index contributed by atoms with van der Waals surface area (Å²) in [5.74, 6) is 0.297. The molecule has 0 aliphatic carbocycles. The van der Waals surface area contributed by atoms with E-state index in [2.05, 4.69) is 0 Å². The normalized spacial score (nSPS) is 32.6. The Hall–Kier alpha value is -0.900. The molecule has 2 fully saturated rings. The molecule has 0 radical (unpaired) electrons. The van der Waals surface area contributed by atoms with Crippen LogP contribution in [0.5, 0.6) is 0 Å². The Morgan fingerprint density at radius 2 is 1.79 bits per heavy atom. The minimum Gasteiger partial charge on any atom is -0.481 e. The maximum absolute atomic E-state index is 10.8. The van der Waals surface area contributed by atoms with E-state index in [-0.39, 0.29) is 6.42 Å². The molecule has 0 unspecified atom stereocenters. The molecule has 0 spiro atoms. The van der Waals surface area contributed by atoms with Gasteiger partial charge in [-0.2, -0.15) is 0 Å². The first-order valence-corrected chi connectivity index (χ1v) is 7.53. The molecule has 2 aliphatic heterocycles. The standard InChI is InChI=1S/C15H24O4/c16-10-9-12-11(13-7-8-14(12)19-13)5-3-1-2-4-6-15(17)18/h10-14H,1-9H2,(H,17,18)/t11-,12-,13+,14-/m1/s1. The number of aliphatic carboxylic acids is 1. The maximum atomic E-state index is 10.8. The van der Waals surface area contributed by atoms with E-state index in [1.807, 2.05) is 0 Å². The highest BCUT2D eigenvalue weighted by Crippen LogP contribution is 2.46. The van der Waals surface area contributed by atoms with Crippen molar-refractivity contribution in [2.24, 2.45) is 11.8 Å². The lowest BCUT2D eigenvalue weighted by Gasteiger charge is -2.26. The molecule has 2 heterocycles. The minimum absolute atomic E-state index is 0.283. The number of ether oxygens (including phenoxy) is 1. The average Bonchev–Trinajstić information content (AvgIpc) is 2.95. The third kappa shape index (κ3) is 3.78. The van der Waals surface area contributed by atoms with Crippen LogP contribution in [0.4, 0.5) is 0 Å².